The summed E-state index contributed by atoms with van der Waals surface area (Å²) >= 11 is 1.50. The van der Waals surface area contributed by atoms with Crippen molar-refractivity contribution in [3.05, 3.63) is 64.8 Å². The second-order valence-corrected chi connectivity index (χ2v) is 7.96. The molecule has 0 spiro atoms. The molecule has 1 aliphatic heterocycles. The minimum atomic E-state index is -1.15. The highest BCUT2D eigenvalue weighted by atomic mass is 32.1. The molecule has 0 saturated heterocycles. The first-order valence-corrected chi connectivity index (χ1v) is 10.3. The Kier molecular flexibility index (Phi) is 5.73. The number of aliphatic carboxylic acids is 1. The van der Waals surface area contributed by atoms with Crippen molar-refractivity contribution in [1.29, 1.82) is 0 Å². The van der Waals surface area contributed by atoms with Crippen LogP contribution in [0.1, 0.15) is 22.0 Å². The van der Waals surface area contributed by atoms with Gasteiger partial charge in [0, 0.05) is 23.6 Å². The number of nitrogens with one attached hydrogen (secondary N) is 1. The molecule has 1 amide bonds. The number of hydrogen-bond donors (Lipinski definition) is 3. The van der Waals surface area contributed by atoms with E-state index >= 15 is 0 Å². The fourth-order valence-electron chi connectivity index (χ4n) is 3.56. The van der Waals surface area contributed by atoms with E-state index in [-0.39, 0.29) is 18.6 Å². The van der Waals surface area contributed by atoms with Crippen molar-refractivity contribution >= 4 is 39.2 Å². The maximum absolute atomic E-state index is 12.2. The standard InChI is InChI=1S/C21H20N4O4S/c26-11-15(13-4-2-1-3-5-13)24-20-19-14-8-9-25(17(27)6-7-18(28)29)10-16(14)30-21(19)23-12-22-20/h1-7,12,15,26H,8-11H2,(H,28,29)(H,22,23,24)/b7-6-/t15-/m1/s1. The molecule has 0 bridgehead atoms. The lowest BCUT2D eigenvalue weighted by Gasteiger charge is -2.26. The number of carbonyl (C=O) groups is 2. The Morgan fingerprint density at radius 1 is 1.23 bits per heavy atom. The summed E-state index contributed by atoms with van der Waals surface area (Å²) in [5.41, 5.74) is 2.05. The molecule has 0 aliphatic carbocycles. The minimum Gasteiger partial charge on any atom is -0.478 e. The lowest BCUT2D eigenvalue weighted by Crippen LogP contribution is -2.34. The van der Waals surface area contributed by atoms with E-state index in [2.05, 4.69) is 15.3 Å². The van der Waals surface area contributed by atoms with Crippen LogP contribution in [0, 0.1) is 0 Å². The highest BCUT2D eigenvalue weighted by Crippen LogP contribution is 2.38. The summed E-state index contributed by atoms with van der Waals surface area (Å²) in [5.74, 6) is -0.814. The maximum atomic E-state index is 12.2. The third-order valence-corrected chi connectivity index (χ3v) is 6.14. The first-order chi connectivity index (χ1) is 14.6. The van der Waals surface area contributed by atoms with E-state index in [1.54, 1.807) is 4.90 Å². The van der Waals surface area contributed by atoms with E-state index in [9.17, 15) is 14.7 Å². The van der Waals surface area contributed by atoms with Gasteiger partial charge in [-0.15, -0.1) is 11.3 Å². The molecule has 3 aromatic rings. The topological polar surface area (TPSA) is 116 Å². The fourth-order valence-corrected chi connectivity index (χ4v) is 4.76. The number of carboxylic acid groups (broad SMARTS) is 1. The molecule has 9 heteroatoms. The molecule has 30 heavy (non-hydrogen) atoms. The Labute approximate surface area is 176 Å². The van der Waals surface area contributed by atoms with Crippen LogP contribution < -0.4 is 5.32 Å². The zero-order chi connectivity index (χ0) is 21.1. The van der Waals surface area contributed by atoms with E-state index in [0.717, 1.165) is 38.4 Å². The number of aromatic nitrogens is 2. The number of rotatable bonds is 6. The van der Waals surface area contributed by atoms with Crippen LogP contribution in [0.3, 0.4) is 0 Å². The number of benzene rings is 1. The average Bonchev–Trinajstić information content (AvgIpc) is 3.14. The van der Waals surface area contributed by atoms with E-state index in [1.807, 2.05) is 30.3 Å². The van der Waals surface area contributed by atoms with Crippen molar-refractivity contribution < 1.29 is 19.8 Å². The van der Waals surface area contributed by atoms with Crippen molar-refractivity contribution in [2.75, 3.05) is 18.5 Å². The van der Waals surface area contributed by atoms with Gasteiger partial charge >= 0.3 is 5.97 Å². The van der Waals surface area contributed by atoms with Gasteiger partial charge in [0.05, 0.1) is 24.6 Å². The number of carboxylic acids is 1. The molecule has 1 aromatic carbocycles. The molecule has 3 N–H and O–H groups in total. The molecule has 0 radical (unpaired) electrons. The van der Waals surface area contributed by atoms with Crippen molar-refractivity contribution in [1.82, 2.24) is 14.9 Å². The number of nitrogens with zero attached hydrogens (tertiary/aromatic N) is 3. The molecule has 2 aromatic heterocycles. The van der Waals surface area contributed by atoms with E-state index in [0.29, 0.717) is 25.3 Å². The van der Waals surface area contributed by atoms with Gasteiger partial charge in [-0.3, -0.25) is 4.79 Å². The SMILES string of the molecule is O=C(O)/C=C\C(=O)N1CCc2c(sc3ncnc(N[C@H](CO)c4ccccc4)c23)C1. The Balaban J connectivity index is 1.63. The van der Waals surface area contributed by atoms with E-state index < -0.39 is 5.97 Å². The van der Waals surface area contributed by atoms with Gasteiger partial charge < -0.3 is 20.4 Å². The smallest absolute Gasteiger partial charge is 0.328 e. The Hall–Kier alpha value is -3.30. The molecule has 4 rings (SSSR count). The van der Waals surface area contributed by atoms with Crippen molar-refractivity contribution in [3.63, 3.8) is 0 Å². The Morgan fingerprint density at radius 2 is 2.03 bits per heavy atom. The summed E-state index contributed by atoms with van der Waals surface area (Å²) in [5, 5.41) is 22.9. The molecule has 1 aliphatic rings. The largest absolute Gasteiger partial charge is 0.478 e. The van der Waals surface area contributed by atoms with E-state index in [1.165, 1.54) is 17.7 Å². The molecule has 154 valence electrons. The van der Waals surface area contributed by atoms with Gasteiger partial charge in [-0.1, -0.05) is 30.3 Å². The first-order valence-electron chi connectivity index (χ1n) is 9.44. The summed E-state index contributed by atoms with van der Waals surface area (Å²) < 4.78 is 0. The van der Waals surface area contributed by atoms with Gasteiger partial charge in [-0.2, -0.15) is 0 Å². The number of fused-ring (bicyclic) bond motifs is 3. The number of amides is 1. The lowest BCUT2D eigenvalue weighted by molar-refractivity contribution is -0.132. The van der Waals surface area contributed by atoms with Crippen molar-refractivity contribution in [2.24, 2.45) is 0 Å². The van der Waals surface area contributed by atoms with Gasteiger partial charge in [0.1, 0.15) is 17.0 Å². The van der Waals surface area contributed by atoms with Gasteiger partial charge in [-0.05, 0) is 17.5 Å². The van der Waals surface area contributed by atoms with E-state index in [4.69, 9.17) is 5.11 Å². The predicted octanol–water partition coefficient (Wildman–Crippen LogP) is 2.36. The summed E-state index contributed by atoms with van der Waals surface area (Å²) in [7, 11) is 0. The van der Waals surface area contributed by atoms with Crippen LogP contribution in [-0.4, -0.2) is 50.1 Å². The number of anilines is 1. The van der Waals surface area contributed by atoms with Crippen LogP contribution in [0.4, 0.5) is 5.82 Å². The van der Waals surface area contributed by atoms with Crippen LogP contribution in [0.2, 0.25) is 0 Å². The van der Waals surface area contributed by atoms with Crippen LogP contribution in [0.15, 0.2) is 48.8 Å². The van der Waals surface area contributed by atoms with Crippen LogP contribution in [0.25, 0.3) is 10.2 Å². The molecular weight excluding hydrogens is 404 g/mol. The summed E-state index contributed by atoms with van der Waals surface area (Å²) in [6, 6.07) is 9.36. The highest BCUT2D eigenvalue weighted by molar-refractivity contribution is 7.19. The van der Waals surface area contributed by atoms with Crippen molar-refractivity contribution in [3.8, 4) is 0 Å². The third-order valence-electron chi connectivity index (χ3n) is 5.01. The zero-order valence-electron chi connectivity index (χ0n) is 16.0. The van der Waals surface area contributed by atoms with Crippen LogP contribution >= 0.6 is 11.3 Å². The molecule has 0 unspecified atom stereocenters. The monoisotopic (exact) mass is 424 g/mol. The summed E-state index contributed by atoms with van der Waals surface area (Å²) in [6.45, 7) is 0.804. The zero-order valence-corrected chi connectivity index (χ0v) is 16.8. The number of carbonyl (C=O) groups excluding carboxylic acids is 1. The highest BCUT2D eigenvalue weighted by Gasteiger charge is 2.26. The fraction of sp³-hybridized carbons (Fsp3) is 0.238. The molecule has 3 heterocycles. The second-order valence-electron chi connectivity index (χ2n) is 6.88. The Bertz CT molecular complexity index is 1110. The molecule has 0 fully saturated rings. The van der Waals surface area contributed by atoms with Gasteiger partial charge in [0.2, 0.25) is 5.91 Å². The van der Waals surface area contributed by atoms with Gasteiger partial charge in [-0.25, -0.2) is 14.8 Å². The summed E-state index contributed by atoms with van der Waals surface area (Å²) in [6.07, 6.45) is 4.05. The lowest BCUT2D eigenvalue weighted by atomic mass is 10.0. The number of aliphatic hydroxyl groups excluding tert-OH is 1. The van der Waals surface area contributed by atoms with Gasteiger partial charge in [0.25, 0.3) is 0 Å². The number of hydrogen-bond acceptors (Lipinski definition) is 7. The number of thiophene rings is 1. The van der Waals surface area contributed by atoms with Crippen LogP contribution in [-0.2, 0) is 22.6 Å². The van der Waals surface area contributed by atoms with Crippen molar-refractivity contribution in [2.45, 2.75) is 19.0 Å². The number of aliphatic hydroxyl groups is 1. The van der Waals surface area contributed by atoms with Crippen LogP contribution in [0.5, 0.6) is 0 Å². The predicted molar refractivity (Wildman–Crippen MR) is 113 cm³/mol. The van der Waals surface area contributed by atoms with Gasteiger partial charge in [0.15, 0.2) is 0 Å². The maximum Gasteiger partial charge on any atom is 0.328 e. The summed E-state index contributed by atoms with van der Waals surface area (Å²) in [4.78, 5) is 35.2. The molecule has 1 atom stereocenters. The molecule has 8 nitrogen and oxygen atoms in total. The molecule has 0 saturated carbocycles. The third kappa shape index (κ3) is 4.03. The minimum absolute atomic E-state index is 0.0833. The molecular formula is C21H20N4O4S. The Morgan fingerprint density at radius 3 is 2.77 bits per heavy atom. The quantitative estimate of drug-likeness (QED) is 0.520. The average molecular weight is 424 g/mol. The second kappa shape index (κ2) is 8.60. The first kappa shape index (κ1) is 20.0. The normalized spacial score (nSPS) is 14.6.